The fraction of sp³-hybridized carbons (Fsp3) is 0.273. The summed E-state index contributed by atoms with van der Waals surface area (Å²) < 4.78 is 0. The van der Waals surface area contributed by atoms with Crippen molar-refractivity contribution in [2.45, 2.75) is 18.9 Å². The second-order valence-corrected chi connectivity index (χ2v) is 6.88. The van der Waals surface area contributed by atoms with Crippen molar-refractivity contribution >= 4 is 17.6 Å². The van der Waals surface area contributed by atoms with E-state index < -0.39 is 0 Å². The molecule has 2 heterocycles. The summed E-state index contributed by atoms with van der Waals surface area (Å²) in [5, 5.41) is 5.83. The molecule has 27 heavy (non-hydrogen) atoms. The highest BCUT2D eigenvalue weighted by Gasteiger charge is 2.42. The zero-order chi connectivity index (χ0) is 18.6. The lowest BCUT2D eigenvalue weighted by atomic mass is 9.92. The van der Waals surface area contributed by atoms with Gasteiger partial charge in [0.1, 0.15) is 0 Å². The van der Waals surface area contributed by atoms with E-state index in [-0.39, 0.29) is 23.9 Å². The van der Waals surface area contributed by atoms with E-state index in [4.69, 9.17) is 0 Å². The average Bonchev–Trinajstić information content (AvgIpc) is 3.09. The summed E-state index contributed by atoms with van der Waals surface area (Å²) in [7, 11) is 0. The van der Waals surface area contributed by atoms with Gasteiger partial charge in [-0.15, -0.1) is 0 Å². The van der Waals surface area contributed by atoms with Gasteiger partial charge in [0, 0.05) is 29.9 Å². The van der Waals surface area contributed by atoms with Gasteiger partial charge in [0.2, 0.25) is 5.91 Å². The molecule has 0 saturated carbocycles. The number of carbonyl (C=O) groups is 2. The molecular formula is C22H21N3O2. The van der Waals surface area contributed by atoms with Crippen LogP contribution in [-0.4, -0.2) is 36.0 Å². The van der Waals surface area contributed by atoms with E-state index in [0.29, 0.717) is 18.8 Å². The molecule has 2 atom stereocenters. The van der Waals surface area contributed by atoms with Crippen LogP contribution in [0.15, 0.2) is 54.6 Å². The minimum Gasteiger partial charge on any atom is -0.354 e. The Hall–Kier alpha value is -3.26. The predicted octanol–water partition coefficient (Wildman–Crippen LogP) is 2.83. The van der Waals surface area contributed by atoms with Crippen molar-refractivity contribution in [3.05, 3.63) is 65.7 Å². The van der Waals surface area contributed by atoms with Crippen molar-refractivity contribution in [1.82, 2.24) is 10.2 Å². The molecule has 2 aliphatic heterocycles. The summed E-state index contributed by atoms with van der Waals surface area (Å²) >= 11 is 0. The Morgan fingerprint density at radius 3 is 2.70 bits per heavy atom. The first-order valence-corrected chi connectivity index (χ1v) is 9.23. The quantitative estimate of drug-likeness (QED) is 0.769. The molecular weight excluding hydrogens is 338 g/mol. The van der Waals surface area contributed by atoms with Crippen LogP contribution >= 0.6 is 0 Å². The number of piperidine rings is 1. The van der Waals surface area contributed by atoms with E-state index in [1.165, 1.54) is 0 Å². The van der Waals surface area contributed by atoms with Crippen LogP contribution < -0.4 is 10.6 Å². The normalized spacial score (nSPS) is 20.9. The molecule has 2 N–H and O–H groups in total. The number of hydrogen-bond donors (Lipinski definition) is 2. The van der Waals surface area contributed by atoms with Crippen molar-refractivity contribution in [1.29, 1.82) is 0 Å². The zero-order valence-electron chi connectivity index (χ0n) is 14.9. The Balaban J connectivity index is 1.46. The fourth-order valence-corrected chi connectivity index (χ4v) is 3.74. The van der Waals surface area contributed by atoms with E-state index in [1.54, 1.807) is 4.90 Å². The lowest BCUT2D eigenvalue weighted by Gasteiger charge is -2.35. The molecule has 0 spiro atoms. The Morgan fingerprint density at radius 1 is 1.07 bits per heavy atom. The van der Waals surface area contributed by atoms with Crippen molar-refractivity contribution in [2.75, 3.05) is 18.4 Å². The number of amides is 3. The summed E-state index contributed by atoms with van der Waals surface area (Å²) in [5.74, 6) is 6.24. The third-order valence-corrected chi connectivity index (χ3v) is 5.10. The summed E-state index contributed by atoms with van der Waals surface area (Å²) in [5.41, 5.74) is 2.50. The number of nitrogens with one attached hydrogen (secondary N) is 2. The second-order valence-electron chi connectivity index (χ2n) is 6.88. The molecule has 2 saturated heterocycles. The molecule has 0 radical (unpaired) electrons. The Kier molecular flexibility index (Phi) is 4.80. The summed E-state index contributed by atoms with van der Waals surface area (Å²) in [6, 6.07) is 17.1. The first kappa shape index (κ1) is 17.2. The number of nitrogens with zero attached hydrogens (tertiary/aromatic N) is 1. The van der Waals surface area contributed by atoms with Gasteiger partial charge in [0.05, 0.1) is 12.0 Å². The molecule has 0 aromatic heterocycles. The highest BCUT2D eigenvalue weighted by atomic mass is 16.2. The van der Waals surface area contributed by atoms with Gasteiger partial charge in [-0.2, -0.15) is 0 Å². The van der Waals surface area contributed by atoms with Crippen LogP contribution in [0, 0.1) is 17.8 Å². The highest BCUT2D eigenvalue weighted by Crippen LogP contribution is 2.28. The van der Waals surface area contributed by atoms with Gasteiger partial charge in [-0.1, -0.05) is 36.1 Å². The Morgan fingerprint density at radius 2 is 1.85 bits per heavy atom. The van der Waals surface area contributed by atoms with Crippen LogP contribution in [0.5, 0.6) is 0 Å². The van der Waals surface area contributed by atoms with E-state index in [9.17, 15) is 9.59 Å². The van der Waals surface area contributed by atoms with Crippen molar-refractivity contribution < 1.29 is 9.59 Å². The molecule has 0 aliphatic carbocycles. The molecule has 2 fully saturated rings. The van der Waals surface area contributed by atoms with Gasteiger partial charge in [0.25, 0.3) is 0 Å². The zero-order valence-corrected chi connectivity index (χ0v) is 14.9. The minimum absolute atomic E-state index is 0.0488. The smallest absolute Gasteiger partial charge is 0.322 e. The van der Waals surface area contributed by atoms with E-state index >= 15 is 0 Å². The van der Waals surface area contributed by atoms with Gasteiger partial charge >= 0.3 is 6.03 Å². The van der Waals surface area contributed by atoms with Gasteiger partial charge in [-0.3, -0.25) is 4.79 Å². The maximum absolute atomic E-state index is 12.7. The van der Waals surface area contributed by atoms with Gasteiger partial charge < -0.3 is 15.5 Å². The maximum Gasteiger partial charge on any atom is 0.322 e. The first-order chi connectivity index (χ1) is 13.2. The molecule has 4 rings (SSSR count). The summed E-state index contributed by atoms with van der Waals surface area (Å²) in [6.07, 6.45) is 1.70. The van der Waals surface area contributed by atoms with E-state index in [1.807, 2.05) is 54.6 Å². The van der Waals surface area contributed by atoms with Gasteiger partial charge in [-0.25, -0.2) is 4.79 Å². The topological polar surface area (TPSA) is 61.4 Å². The van der Waals surface area contributed by atoms with Crippen LogP contribution in [0.2, 0.25) is 0 Å². The predicted molar refractivity (Wildman–Crippen MR) is 104 cm³/mol. The molecule has 136 valence electrons. The second kappa shape index (κ2) is 7.55. The van der Waals surface area contributed by atoms with Crippen LogP contribution in [0.3, 0.4) is 0 Å². The SMILES string of the molecule is O=C1NC[C@H]2[C@H]1CCCN2C(=O)Nc1cccc(C#Cc2ccccc2)c1. The van der Waals surface area contributed by atoms with Crippen LogP contribution in [-0.2, 0) is 4.79 Å². The fourth-order valence-electron chi connectivity index (χ4n) is 3.74. The summed E-state index contributed by atoms with van der Waals surface area (Å²) in [4.78, 5) is 26.4. The Labute approximate surface area is 158 Å². The lowest BCUT2D eigenvalue weighted by molar-refractivity contribution is -0.123. The molecule has 2 aromatic carbocycles. The molecule has 5 nitrogen and oxygen atoms in total. The number of benzene rings is 2. The number of rotatable bonds is 1. The molecule has 5 heteroatoms. The van der Waals surface area contributed by atoms with E-state index in [0.717, 1.165) is 24.0 Å². The third kappa shape index (κ3) is 3.80. The standard InChI is InChI=1S/C22H21N3O2/c26-21-19-10-5-13-25(20(19)15-23-21)22(27)24-18-9-4-8-17(14-18)12-11-16-6-2-1-3-7-16/h1-4,6-9,14,19-20H,5,10,13,15H2,(H,23,26)(H,24,27)/t19-,20+/m1/s1. The van der Waals surface area contributed by atoms with Gasteiger partial charge in [-0.05, 0) is 43.2 Å². The number of hydrogen-bond acceptors (Lipinski definition) is 2. The van der Waals surface area contributed by atoms with Crippen LogP contribution in [0.4, 0.5) is 10.5 Å². The highest BCUT2D eigenvalue weighted by molar-refractivity contribution is 5.91. The number of urea groups is 1. The monoisotopic (exact) mass is 359 g/mol. The van der Waals surface area contributed by atoms with Crippen molar-refractivity contribution in [3.8, 4) is 11.8 Å². The largest absolute Gasteiger partial charge is 0.354 e. The number of carbonyl (C=O) groups excluding carboxylic acids is 2. The Bertz CT molecular complexity index is 914. The molecule has 2 aliphatic rings. The van der Waals surface area contributed by atoms with Crippen molar-refractivity contribution in [3.63, 3.8) is 0 Å². The maximum atomic E-state index is 12.7. The van der Waals surface area contributed by atoms with E-state index in [2.05, 4.69) is 22.5 Å². The number of anilines is 1. The first-order valence-electron chi connectivity index (χ1n) is 9.23. The molecule has 0 unspecified atom stereocenters. The average molecular weight is 359 g/mol. The van der Waals surface area contributed by atoms with Crippen molar-refractivity contribution in [2.24, 2.45) is 5.92 Å². The lowest BCUT2D eigenvalue weighted by Crippen LogP contribution is -2.50. The third-order valence-electron chi connectivity index (χ3n) is 5.10. The molecule has 0 bridgehead atoms. The molecule has 3 amide bonds. The molecule has 2 aromatic rings. The summed E-state index contributed by atoms with van der Waals surface area (Å²) in [6.45, 7) is 1.22. The number of fused-ring (bicyclic) bond motifs is 1. The minimum atomic E-state index is -0.158. The number of likely N-dealkylation sites (tertiary alicyclic amines) is 1. The van der Waals surface area contributed by atoms with Gasteiger partial charge in [0.15, 0.2) is 0 Å². The van der Waals surface area contributed by atoms with Crippen LogP contribution in [0.1, 0.15) is 24.0 Å². The van der Waals surface area contributed by atoms with Crippen LogP contribution in [0.25, 0.3) is 0 Å².